The third-order valence-corrected chi connectivity index (χ3v) is 4.33. The molecule has 2 nitrogen and oxygen atoms in total. The van der Waals surface area contributed by atoms with Gasteiger partial charge in [-0.2, -0.15) is 0 Å². The van der Waals surface area contributed by atoms with Crippen molar-refractivity contribution < 1.29 is 0 Å². The molecule has 1 atom stereocenters. The van der Waals surface area contributed by atoms with E-state index in [-0.39, 0.29) is 0 Å². The molecule has 1 heterocycles. The van der Waals surface area contributed by atoms with Crippen LogP contribution in [0.15, 0.2) is 30.3 Å². The molecule has 0 aliphatic carbocycles. The van der Waals surface area contributed by atoms with Crippen molar-refractivity contribution in [1.29, 1.82) is 0 Å². The number of hydrogen-bond acceptors (Lipinski definition) is 2. The summed E-state index contributed by atoms with van der Waals surface area (Å²) in [4.78, 5) is 5.04. The molecule has 2 heteroatoms. The Hall–Kier alpha value is -0.860. The molecule has 1 unspecified atom stereocenters. The van der Waals surface area contributed by atoms with Crippen molar-refractivity contribution >= 4 is 0 Å². The molecule has 1 aliphatic rings. The van der Waals surface area contributed by atoms with Crippen LogP contribution in [0.2, 0.25) is 0 Å². The van der Waals surface area contributed by atoms with Gasteiger partial charge in [-0.15, -0.1) is 0 Å². The van der Waals surface area contributed by atoms with Crippen LogP contribution < -0.4 is 0 Å². The van der Waals surface area contributed by atoms with Gasteiger partial charge in [0, 0.05) is 26.2 Å². The first-order chi connectivity index (χ1) is 9.25. The van der Waals surface area contributed by atoms with Crippen LogP contribution in [0.3, 0.4) is 0 Å². The van der Waals surface area contributed by atoms with Gasteiger partial charge in [0.05, 0.1) is 0 Å². The second-order valence-corrected chi connectivity index (χ2v) is 5.95. The summed E-state index contributed by atoms with van der Waals surface area (Å²) < 4.78 is 0. The number of unbranched alkanes of at least 4 members (excludes halogenated alkanes) is 1. The lowest BCUT2D eigenvalue weighted by Gasteiger charge is -2.32. The van der Waals surface area contributed by atoms with E-state index in [4.69, 9.17) is 0 Å². The maximum absolute atomic E-state index is 2.62. The maximum Gasteiger partial charge on any atom is 0.0110 e. The number of benzene rings is 1. The van der Waals surface area contributed by atoms with Gasteiger partial charge in [-0.1, -0.05) is 43.7 Å². The van der Waals surface area contributed by atoms with E-state index in [1.807, 2.05) is 0 Å². The first-order valence-electron chi connectivity index (χ1n) is 7.71. The van der Waals surface area contributed by atoms with Crippen molar-refractivity contribution in [3.05, 3.63) is 35.9 Å². The number of rotatable bonds is 6. The summed E-state index contributed by atoms with van der Waals surface area (Å²) in [5, 5.41) is 0. The van der Waals surface area contributed by atoms with E-state index in [9.17, 15) is 0 Å². The van der Waals surface area contributed by atoms with E-state index < -0.39 is 0 Å². The van der Waals surface area contributed by atoms with Crippen LogP contribution in [0.25, 0.3) is 0 Å². The third kappa shape index (κ3) is 4.96. The van der Waals surface area contributed by atoms with E-state index >= 15 is 0 Å². The van der Waals surface area contributed by atoms with Crippen LogP contribution in [-0.2, 0) is 0 Å². The molecule has 0 spiro atoms. The van der Waals surface area contributed by atoms with Gasteiger partial charge in [-0.25, -0.2) is 0 Å². The number of likely N-dealkylation sites (N-methyl/N-ethyl adjacent to an activating group) is 1. The Kier molecular flexibility index (Phi) is 5.87. The molecule has 1 saturated heterocycles. The highest BCUT2D eigenvalue weighted by Gasteiger charge is 2.13. The number of nitrogens with zero attached hydrogens (tertiary/aromatic N) is 2. The first-order valence-corrected chi connectivity index (χ1v) is 7.71. The third-order valence-electron chi connectivity index (χ3n) is 4.33. The molecule has 0 radical (unpaired) electrons. The Balaban J connectivity index is 1.59. The summed E-state index contributed by atoms with van der Waals surface area (Å²) in [6, 6.07) is 10.9. The predicted molar refractivity (Wildman–Crippen MR) is 82.6 cm³/mol. The van der Waals surface area contributed by atoms with Crippen molar-refractivity contribution in [2.24, 2.45) is 0 Å². The Morgan fingerprint density at radius 2 is 1.68 bits per heavy atom. The minimum Gasteiger partial charge on any atom is -0.304 e. The summed E-state index contributed by atoms with van der Waals surface area (Å²) >= 11 is 0. The molecule has 1 aromatic carbocycles. The molecule has 0 N–H and O–H groups in total. The Labute approximate surface area is 118 Å². The lowest BCUT2D eigenvalue weighted by molar-refractivity contribution is 0.152. The quantitative estimate of drug-likeness (QED) is 0.725. The smallest absolute Gasteiger partial charge is 0.0110 e. The molecule has 1 aromatic rings. The van der Waals surface area contributed by atoms with Crippen LogP contribution >= 0.6 is 0 Å². The van der Waals surface area contributed by atoms with Crippen molar-refractivity contribution in [2.75, 3.05) is 39.8 Å². The van der Waals surface area contributed by atoms with Gasteiger partial charge in [-0.05, 0) is 37.9 Å². The number of hydrogen-bond donors (Lipinski definition) is 0. The van der Waals surface area contributed by atoms with E-state index in [0.717, 1.165) is 0 Å². The topological polar surface area (TPSA) is 6.48 Å². The van der Waals surface area contributed by atoms with E-state index in [1.54, 1.807) is 0 Å². The fourth-order valence-corrected chi connectivity index (χ4v) is 2.81. The summed E-state index contributed by atoms with van der Waals surface area (Å²) in [6.07, 6.45) is 4.01. The maximum atomic E-state index is 2.62. The molecule has 0 bridgehead atoms. The Bertz CT molecular complexity index is 342. The lowest BCUT2D eigenvalue weighted by atomic mass is 9.95. The zero-order valence-electron chi connectivity index (χ0n) is 12.5. The van der Waals surface area contributed by atoms with E-state index in [1.165, 1.54) is 57.5 Å². The highest BCUT2D eigenvalue weighted by Crippen LogP contribution is 2.20. The molecule has 1 fully saturated rings. The summed E-state index contributed by atoms with van der Waals surface area (Å²) in [5.41, 5.74) is 1.49. The molecule has 0 saturated carbocycles. The highest BCUT2D eigenvalue weighted by atomic mass is 15.2. The second kappa shape index (κ2) is 7.66. The molecule has 2 rings (SSSR count). The average Bonchev–Trinajstić information content (AvgIpc) is 2.46. The predicted octanol–water partition coefficient (Wildman–Crippen LogP) is 3.21. The SMILES string of the molecule is CC(CCCCN1CCN(C)CC1)c1ccccc1. The molecular formula is C17H28N2. The van der Waals surface area contributed by atoms with Crippen molar-refractivity contribution in [2.45, 2.75) is 32.1 Å². The fourth-order valence-electron chi connectivity index (χ4n) is 2.81. The van der Waals surface area contributed by atoms with Gasteiger partial charge in [0.2, 0.25) is 0 Å². The molecule has 106 valence electrons. The molecule has 1 aliphatic heterocycles. The lowest BCUT2D eigenvalue weighted by Crippen LogP contribution is -2.44. The van der Waals surface area contributed by atoms with Crippen molar-refractivity contribution in [3.63, 3.8) is 0 Å². The first kappa shape index (κ1) is 14.5. The van der Waals surface area contributed by atoms with E-state index in [0.29, 0.717) is 5.92 Å². The van der Waals surface area contributed by atoms with Gasteiger partial charge >= 0.3 is 0 Å². The Morgan fingerprint density at radius 1 is 1.00 bits per heavy atom. The van der Waals surface area contributed by atoms with Crippen molar-refractivity contribution in [3.8, 4) is 0 Å². The fraction of sp³-hybridized carbons (Fsp3) is 0.647. The van der Waals surface area contributed by atoms with Gasteiger partial charge in [0.1, 0.15) is 0 Å². The standard InChI is InChI=1S/C17H28N2/c1-16(17-9-4-3-5-10-17)8-6-7-11-19-14-12-18(2)13-15-19/h3-5,9-10,16H,6-8,11-15H2,1-2H3. The molecule has 19 heavy (non-hydrogen) atoms. The molecule has 0 aromatic heterocycles. The monoisotopic (exact) mass is 260 g/mol. The normalized spacial score (nSPS) is 19.5. The Morgan fingerprint density at radius 3 is 2.37 bits per heavy atom. The largest absolute Gasteiger partial charge is 0.304 e. The van der Waals surface area contributed by atoms with Gasteiger partial charge < -0.3 is 9.80 Å². The van der Waals surface area contributed by atoms with Crippen LogP contribution in [0.5, 0.6) is 0 Å². The van der Waals surface area contributed by atoms with Gasteiger partial charge in [-0.3, -0.25) is 0 Å². The van der Waals surface area contributed by atoms with Gasteiger partial charge in [0.25, 0.3) is 0 Å². The van der Waals surface area contributed by atoms with Crippen LogP contribution in [-0.4, -0.2) is 49.6 Å². The van der Waals surface area contributed by atoms with E-state index in [2.05, 4.69) is 54.1 Å². The summed E-state index contributed by atoms with van der Waals surface area (Å²) in [6.45, 7) is 8.62. The summed E-state index contributed by atoms with van der Waals surface area (Å²) in [5.74, 6) is 0.702. The summed E-state index contributed by atoms with van der Waals surface area (Å²) in [7, 11) is 2.22. The second-order valence-electron chi connectivity index (χ2n) is 5.95. The minimum atomic E-state index is 0.702. The van der Waals surface area contributed by atoms with Crippen molar-refractivity contribution in [1.82, 2.24) is 9.80 Å². The minimum absolute atomic E-state index is 0.702. The van der Waals surface area contributed by atoms with Crippen LogP contribution in [0.4, 0.5) is 0 Å². The molecule has 0 amide bonds. The van der Waals surface area contributed by atoms with Gasteiger partial charge in [0.15, 0.2) is 0 Å². The zero-order valence-corrected chi connectivity index (χ0v) is 12.5. The number of piperazine rings is 1. The van der Waals surface area contributed by atoms with Crippen LogP contribution in [0, 0.1) is 0 Å². The zero-order chi connectivity index (χ0) is 13.5. The van der Waals surface area contributed by atoms with Crippen LogP contribution in [0.1, 0.15) is 37.7 Å². The molecular weight excluding hydrogens is 232 g/mol. The average molecular weight is 260 g/mol. The highest BCUT2D eigenvalue weighted by molar-refractivity contribution is 5.18.